The molecule has 42 heavy (non-hydrogen) atoms. The van der Waals surface area contributed by atoms with E-state index in [0.717, 1.165) is 85.9 Å². The minimum Gasteiger partial charge on any atom is -0.381 e. The molecule has 222 valence electrons. The average Bonchev–Trinajstić information content (AvgIpc) is 2.97. The van der Waals surface area contributed by atoms with E-state index in [9.17, 15) is 9.59 Å². The number of carbonyl (C=O) groups is 1. The fraction of sp³-hybridized carbons (Fsp3) is 0.471. The molecule has 1 amide bonds. The Morgan fingerprint density at radius 1 is 1.07 bits per heavy atom. The normalized spacial score (nSPS) is 20.4. The molecular formula is C34H42N4O4. The fourth-order valence-electron chi connectivity index (χ4n) is 6.67. The average molecular weight is 571 g/mol. The van der Waals surface area contributed by atoms with Gasteiger partial charge in [-0.3, -0.25) is 14.5 Å². The second-order valence-electron chi connectivity index (χ2n) is 12.0. The summed E-state index contributed by atoms with van der Waals surface area (Å²) in [5.41, 5.74) is 8.15. The van der Waals surface area contributed by atoms with Crippen molar-refractivity contribution in [3.63, 3.8) is 0 Å². The molecule has 4 heterocycles. The van der Waals surface area contributed by atoms with E-state index < -0.39 is 0 Å². The highest BCUT2D eigenvalue weighted by Crippen LogP contribution is 2.35. The van der Waals surface area contributed by atoms with Crippen molar-refractivity contribution < 1.29 is 14.3 Å². The van der Waals surface area contributed by atoms with Crippen LogP contribution in [-0.2, 0) is 22.6 Å². The number of nitrogens with one attached hydrogen (secondary N) is 2. The summed E-state index contributed by atoms with van der Waals surface area (Å²) in [6.07, 6.45) is 2.37. The number of benzene rings is 2. The highest BCUT2D eigenvalue weighted by atomic mass is 16.5. The predicted octanol–water partition coefficient (Wildman–Crippen LogP) is 4.49. The third-order valence-electron chi connectivity index (χ3n) is 9.29. The smallest absolute Gasteiger partial charge is 0.253 e. The zero-order valence-electron chi connectivity index (χ0n) is 25.2. The van der Waals surface area contributed by atoms with Gasteiger partial charge in [0.1, 0.15) is 0 Å². The number of ether oxygens (including phenoxy) is 2. The number of anilines is 1. The van der Waals surface area contributed by atoms with E-state index in [2.05, 4.69) is 57.4 Å². The van der Waals surface area contributed by atoms with Crippen molar-refractivity contribution in [1.29, 1.82) is 0 Å². The lowest BCUT2D eigenvalue weighted by molar-refractivity contribution is -0.217. The van der Waals surface area contributed by atoms with E-state index in [4.69, 9.17) is 9.47 Å². The van der Waals surface area contributed by atoms with E-state index in [1.165, 1.54) is 5.56 Å². The van der Waals surface area contributed by atoms with Gasteiger partial charge in [0.25, 0.3) is 11.5 Å². The van der Waals surface area contributed by atoms with Crippen LogP contribution in [-0.4, -0.2) is 66.9 Å². The van der Waals surface area contributed by atoms with Crippen LogP contribution in [0, 0.1) is 20.8 Å². The van der Waals surface area contributed by atoms with Crippen LogP contribution in [0.3, 0.4) is 0 Å². The summed E-state index contributed by atoms with van der Waals surface area (Å²) < 4.78 is 11.2. The molecule has 6 rings (SSSR count). The Balaban J connectivity index is 1.30. The number of pyridine rings is 1. The van der Waals surface area contributed by atoms with Crippen LogP contribution < -0.4 is 15.8 Å². The summed E-state index contributed by atoms with van der Waals surface area (Å²) in [6, 6.07) is 15.8. The molecule has 3 saturated heterocycles. The number of fused-ring (bicyclic) bond motifs is 1. The Hall–Kier alpha value is -3.46. The Labute approximate surface area is 248 Å². The molecule has 0 spiro atoms. The third kappa shape index (κ3) is 5.63. The number of aromatic amines is 1. The van der Waals surface area contributed by atoms with Crippen LogP contribution in [0.5, 0.6) is 0 Å². The van der Waals surface area contributed by atoms with Crippen LogP contribution in [0.15, 0.2) is 47.3 Å². The quantitative estimate of drug-likeness (QED) is 0.395. The number of carbonyl (C=O) groups excluding carboxylic acids is 1. The lowest BCUT2D eigenvalue weighted by Crippen LogP contribution is -2.69. The number of H-pyrrole nitrogens is 1. The summed E-state index contributed by atoms with van der Waals surface area (Å²) in [4.78, 5) is 34.1. The Morgan fingerprint density at radius 2 is 1.83 bits per heavy atom. The monoisotopic (exact) mass is 570 g/mol. The molecular weight excluding hydrogens is 528 g/mol. The second-order valence-corrected chi connectivity index (χ2v) is 12.0. The van der Waals surface area contributed by atoms with Crippen molar-refractivity contribution in [2.75, 3.05) is 37.8 Å². The van der Waals surface area contributed by atoms with Crippen molar-refractivity contribution >= 4 is 11.6 Å². The van der Waals surface area contributed by atoms with Gasteiger partial charge < -0.3 is 24.7 Å². The first-order chi connectivity index (χ1) is 20.3. The van der Waals surface area contributed by atoms with Crippen LogP contribution in [0.25, 0.3) is 11.1 Å². The standard InChI is InChI=1S/C34H42N4O4/c1-5-38(27-10-12-41-13-11-27)30-16-26(25-8-6-24(7-9-25)18-37-19-32-31(37)20-42-32)15-28(23(30)4)33(39)35-17-29-21(2)14-22(3)36-34(29)40/h6-9,14-16,27,31-32H,5,10-13,17-20H2,1-4H3,(H,35,39)(H,36,40)/t31?,32-/m1/s1. The first-order valence-electron chi connectivity index (χ1n) is 15.2. The molecule has 0 saturated carbocycles. The van der Waals surface area contributed by atoms with Gasteiger partial charge in [0, 0.05) is 67.9 Å². The molecule has 0 aliphatic carbocycles. The molecule has 2 N–H and O–H groups in total. The number of likely N-dealkylation sites (tertiary alicyclic amines) is 1. The Morgan fingerprint density at radius 3 is 2.45 bits per heavy atom. The van der Waals surface area contributed by atoms with E-state index in [1.807, 2.05) is 32.9 Å². The van der Waals surface area contributed by atoms with E-state index in [1.54, 1.807) is 0 Å². The number of nitrogens with zero attached hydrogens (tertiary/aromatic N) is 2. The second kappa shape index (κ2) is 12.0. The van der Waals surface area contributed by atoms with Gasteiger partial charge in [-0.15, -0.1) is 0 Å². The predicted molar refractivity (Wildman–Crippen MR) is 165 cm³/mol. The number of aryl methyl sites for hydroxylation is 2. The number of aromatic nitrogens is 1. The minimum absolute atomic E-state index is 0.158. The van der Waals surface area contributed by atoms with Crippen LogP contribution in [0.4, 0.5) is 5.69 Å². The summed E-state index contributed by atoms with van der Waals surface area (Å²) in [6.45, 7) is 13.3. The van der Waals surface area contributed by atoms with Crippen molar-refractivity contribution in [3.8, 4) is 11.1 Å². The Kier molecular flexibility index (Phi) is 8.21. The first-order valence-corrected chi connectivity index (χ1v) is 15.2. The van der Waals surface area contributed by atoms with Crippen molar-refractivity contribution in [2.45, 2.75) is 71.8 Å². The van der Waals surface area contributed by atoms with Crippen molar-refractivity contribution in [3.05, 3.63) is 86.3 Å². The zero-order valence-corrected chi connectivity index (χ0v) is 25.2. The molecule has 3 aliphatic rings. The maximum Gasteiger partial charge on any atom is 0.253 e. The fourth-order valence-corrected chi connectivity index (χ4v) is 6.67. The SMILES string of the molecule is CCN(c1cc(-c2ccc(CN3C[C@H]4OCC43)cc2)cc(C(=O)NCc2c(C)cc(C)[nH]c2=O)c1C)C1CCOCC1. The molecule has 2 aromatic carbocycles. The van der Waals surface area contributed by atoms with Crippen LogP contribution in [0.2, 0.25) is 0 Å². The number of hydrogen-bond acceptors (Lipinski definition) is 6. The van der Waals surface area contributed by atoms with Crippen molar-refractivity contribution in [1.82, 2.24) is 15.2 Å². The Bertz CT molecular complexity index is 1510. The number of rotatable bonds is 9. The molecule has 0 radical (unpaired) electrons. The highest BCUT2D eigenvalue weighted by molar-refractivity contribution is 5.99. The van der Waals surface area contributed by atoms with Gasteiger partial charge in [-0.05, 0) is 86.6 Å². The molecule has 1 aromatic heterocycles. The van der Waals surface area contributed by atoms with Crippen LogP contribution >= 0.6 is 0 Å². The van der Waals surface area contributed by atoms with Gasteiger partial charge in [0.2, 0.25) is 0 Å². The summed E-state index contributed by atoms with van der Waals surface area (Å²) in [5, 5.41) is 3.04. The number of hydrogen-bond donors (Lipinski definition) is 2. The first kappa shape index (κ1) is 28.6. The van der Waals surface area contributed by atoms with Gasteiger partial charge in [0.15, 0.2) is 0 Å². The summed E-state index contributed by atoms with van der Waals surface area (Å²) in [5.74, 6) is -0.176. The topological polar surface area (TPSA) is 86.9 Å². The van der Waals surface area contributed by atoms with E-state index in [-0.39, 0.29) is 18.0 Å². The highest BCUT2D eigenvalue weighted by Gasteiger charge is 2.46. The molecule has 3 aromatic rings. The molecule has 0 bridgehead atoms. The van der Waals surface area contributed by atoms with Gasteiger partial charge in [-0.1, -0.05) is 24.3 Å². The van der Waals surface area contributed by atoms with Gasteiger partial charge in [-0.2, -0.15) is 0 Å². The largest absolute Gasteiger partial charge is 0.381 e. The van der Waals surface area contributed by atoms with Gasteiger partial charge in [0.05, 0.1) is 18.8 Å². The van der Waals surface area contributed by atoms with Crippen molar-refractivity contribution in [2.24, 2.45) is 0 Å². The minimum atomic E-state index is -0.176. The zero-order chi connectivity index (χ0) is 29.4. The molecule has 3 fully saturated rings. The molecule has 1 unspecified atom stereocenters. The van der Waals surface area contributed by atoms with Crippen LogP contribution in [0.1, 0.15) is 58.1 Å². The maximum atomic E-state index is 13.8. The van der Waals surface area contributed by atoms with E-state index in [0.29, 0.717) is 29.3 Å². The van der Waals surface area contributed by atoms with E-state index >= 15 is 0 Å². The van der Waals surface area contributed by atoms with Gasteiger partial charge >= 0.3 is 0 Å². The third-order valence-corrected chi connectivity index (χ3v) is 9.29. The molecule has 8 heteroatoms. The number of amides is 1. The lowest BCUT2D eigenvalue weighted by atomic mass is 9.93. The lowest BCUT2D eigenvalue weighted by Gasteiger charge is -2.55. The molecule has 8 nitrogen and oxygen atoms in total. The summed E-state index contributed by atoms with van der Waals surface area (Å²) >= 11 is 0. The van der Waals surface area contributed by atoms with Gasteiger partial charge in [-0.25, -0.2) is 0 Å². The molecule has 3 aliphatic heterocycles. The molecule has 2 atom stereocenters. The summed E-state index contributed by atoms with van der Waals surface area (Å²) in [7, 11) is 0. The maximum absolute atomic E-state index is 13.8. The number of morpholine rings is 1.